The van der Waals surface area contributed by atoms with Crippen molar-refractivity contribution in [3.05, 3.63) is 81.5 Å². The fourth-order valence-corrected chi connectivity index (χ4v) is 5.43. The standard InChI is InChI=1S/C30H32N2O/c1-5-6-23(18-31-4)19-7-9-20(10-8-19)27-25-16-24(25)15-21-11-12-26(32-28(21)27)29(33)22-13-14-30(2,3)17-22/h6-12,15-16,18,22,25H,5,13-14,17H2,1-4H3/b23-6+,31-18?. The van der Waals surface area contributed by atoms with E-state index >= 15 is 0 Å². The van der Waals surface area contributed by atoms with Crippen molar-refractivity contribution in [1.29, 1.82) is 0 Å². The summed E-state index contributed by atoms with van der Waals surface area (Å²) in [5.41, 5.74) is 6.93. The first-order chi connectivity index (χ1) is 15.9. The number of hydrogen-bond donors (Lipinski definition) is 0. The maximum absolute atomic E-state index is 13.3. The maximum atomic E-state index is 13.3. The Bertz CT molecular complexity index is 1320. The third kappa shape index (κ3) is 4.17. The molecule has 1 heterocycles. The zero-order valence-corrected chi connectivity index (χ0v) is 20.1. The van der Waals surface area contributed by atoms with E-state index in [0.29, 0.717) is 11.6 Å². The van der Waals surface area contributed by atoms with Crippen molar-refractivity contribution >= 4 is 29.2 Å². The van der Waals surface area contributed by atoms with Gasteiger partial charge in [0, 0.05) is 30.3 Å². The van der Waals surface area contributed by atoms with Gasteiger partial charge >= 0.3 is 0 Å². The number of aromatic nitrogens is 1. The molecule has 0 N–H and O–H groups in total. The molecule has 5 rings (SSSR count). The van der Waals surface area contributed by atoms with Crippen LogP contribution in [0.3, 0.4) is 0 Å². The summed E-state index contributed by atoms with van der Waals surface area (Å²) in [7, 11) is 1.81. The second-order valence-electron chi connectivity index (χ2n) is 10.3. The number of rotatable bonds is 6. The van der Waals surface area contributed by atoms with Gasteiger partial charge in [0.1, 0.15) is 5.69 Å². The summed E-state index contributed by atoms with van der Waals surface area (Å²) in [6, 6.07) is 12.7. The largest absolute Gasteiger partial charge is 0.296 e. The lowest BCUT2D eigenvalue weighted by Crippen LogP contribution is -2.36. The highest BCUT2D eigenvalue weighted by atomic mass is 16.1. The molecule has 2 atom stereocenters. The van der Waals surface area contributed by atoms with E-state index in [1.54, 1.807) is 7.05 Å². The lowest BCUT2D eigenvalue weighted by Gasteiger charge is -2.17. The van der Waals surface area contributed by atoms with Crippen LogP contribution in [0.15, 0.2) is 59.1 Å². The molecule has 3 nitrogen and oxygen atoms in total. The first kappa shape index (κ1) is 21.8. The van der Waals surface area contributed by atoms with E-state index in [0.717, 1.165) is 41.8 Å². The van der Waals surface area contributed by atoms with Gasteiger partial charge in [-0.25, -0.2) is 4.98 Å². The molecular weight excluding hydrogens is 404 g/mol. The van der Waals surface area contributed by atoms with E-state index < -0.39 is 0 Å². The number of nitrogens with zero attached hydrogens (tertiary/aromatic N) is 2. The fourth-order valence-electron chi connectivity index (χ4n) is 5.43. The molecule has 3 aliphatic rings. The molecule has 1 aromatic heterocycles. The molecule has 0 bridgehead atoms. The summed E-state index contributed by atoms with van der Waals surface area (Å²) >= 11 is 0. The van der Waals surface area contributed by atoms with Crippen LogP contribution in [-0.4, -0.2) is 24.0 Å². The van der Waals surface area contributed by atoms with Gasteiger partial charge in [0.25, 0.3) is 0 Å². The van der Waals surface area contributed by atoms with Crippen molar-refractivity contribution in [2.45, 2.75) is 46.5 Å². The molecule has 2 unspecified atom stereocenters. The van der Waals surface area contributed by atoms with Crippen LogP contribution in [0.2, 0.25) is 0 Å². The molecule has 0 aliphatic heterocycles. The summed E-state index contributed by atoms with van der Waals surface area (Å²) < 4.78 is 0. The molecule has 3 heteroatoms. The molecule has 0 radical (unpaired) electrons. The van der Waals surface area contributed by atoms with Crippen LogP contribution in [0.5, 0.6) is 0 Å². The van der Waals surface area contributed by atoms with Crippen molar-refractivity contribution in [2.24, 2.45) is 22.2 Å². The van der Waals surface area contributed by atoms with Crippen LogP contribution >= 0.6 is 0 Å². The summed E-state index contributed by atoms with van der Waals surface area (Å²) in [6.45, 7) is 6.66. The van der Waals surface area contributed by atoms with E-state index in [1.807, 2.05) is 12.3 Å². The smallest absolute Gasteiger partial charge is 0.184 e. The van der Waals surface area contributed by atoms with Crippen LogP contribution in [0.1, 0.15) is 68.1 Å². The minimum atomic E-state index is 0.0967. The molecule has 168 valence electrons. The molecule has 1 aromatic carbocycles. The SMILES string of the molecule is CC/C=C(\C=NC)c1ccc(C2=c3nc(C(=O)C4CCC(C)(C)C4)ccc3=CC3=CC32)cc1. The maximum Gasteiger partial charge on any atom is 0.184 e. The number of allylic oxidation sites excluding steroid dienone is 4. The Morgan fingerprint density at radius 2 is 1.97 bits per heavy atom. The lowest BCUT2D eigenvalue weighted by atomic mass is 9.89. The molecule has 0 saturated heterocycles. The monoisotopic (exact) mass is 436 g/mol. The lowest BCUT2D eigenvalue weighted by molar-refractivity contribution is 0.0910. The van der Waals surface area contributed by atoms with Crippen LogP contribution in [0.25, 0.3) is 17.2 Å². The minimum absolute atomic E-state index is 0.0967. The number of carbonyl (C=O) groups is 1. The number of hydrogen-bond acceptors (Lipinski definition) is 3. The van der Waals surface area contributed by atoms with Gasteiger partial charge in [-0.1, -0.05) is 63.3 Å². The Morgan fingerprint density at radius 1 is 1.18 bits per heavy atom. The van der Waals surface area contributed by atoms with Crippen LogP contribution in [0.4, 0.5) is 0 Å². The average Bonchev–Trinajstić information content (AvgIpc) is 3.49. The third-order valence-electron chi connectivity index (χ3n) is 7.24. The number of aliphatic imine (C=N–C) groups is 1. The Kier molecular flexibility index (Phi) is 5.52. The normalized spacial score (nSPS) is 23.1. The average molecular weight is 437 g/mol. The Labute approximate surface area is 196 Å². The topological polar surface area (TPSA) is 42.3 Å². The van der Waals surface area contributed by atoms with Gasteiger partial charge in [-0.05, 0) is 71.1 Å². The van der Waals surface area contributed by atoms with Crippen LogP contribution in [0, 0.1) is 17.3 Å². The molecule has 3 aliphatic carbocycles. The minimum Gasteiger partial charge on any atom is -0.296 e. The number of Topliss-reactive ketones (excluding diaryl/α,β-unsaturated/α-hetero) is 1. The van der Waals surface area contributed by atoms with Crippen molar-refractivity contribution in [3.63, 3.8) is 0 Å². The Balaban J connectivity index is 1.55. The van der Waals surface area contributed by atoms with Gasteiger partial charge in [0.15, 0.2) is 5.78 Å². The van der Waals surface area contributed by atoms with Gasteiger partial charge in [0.05, 0.1) is 5.35 Å². The predicted octanol–water partition coefficient (Wildman–Crippen LogP) is 5.13. The second kappa shape index (κ2) is 8.37. The van der Waals surface area contributed by atoms with Gasteiger partial charge in [-0.3, -0.25) is 9.79 Å². The molecule has 1 fully saturated rings. The summed E-state index contributed by atoms with van der Waals surface area (Å²) in [6.07, 6.45) is 12.6. The number of ketones is 1. The fraction of sp³-hybridized carbons (Fsp3) is 0.367. The van der Waals surface area contributed by atoms with E-state index in [4.69, 9.17) is 4.98 Å². The Morgan fingerprint density at radius 3 is 2.64 bits per heavy atom. The van der Waals surface area contributed by atoms with E-state index in [9.17, 15) is 4.79 Å². The summed E-state index contributed by atoms with van der Waals surface area (Å²) in [4.78, 5) is 22.5. The zero-order valence-electron chi connectivity index (χ0n) is 20.1. The highest BCUT2D eigenvalue weighted by Crippen LogP contribution is 2.43. The van der Waals surface area contributed by atoms with Crippen molar-refractivity contribution in [2.75, 3.05) is 7.05 Å². The van der Waals surface area contributed by atoms with Crippen molar-refractivity contribution in [3.8, 4) is 0 Å². The second-order valence-corrected chi connectivity index (χ2v) is 10.3. The van der Waals surface area contributed by atoms with E-state index in [1.165, 1.54) is 22.3 Å². The third-order valence-corrected chi connectivity index (χ3v) is 7.24. The quantitative estimate of drug-likeness (QED) is 0.465. The van der Waals surface area contributed by atoms with Crippen LogP contribution < -0.4 is 10.6 Å². The molecule has 0 amide bonds. The highest BCUT2D eigenvalue weighted by molar-refractivity contribution is 6.09. The first-order valence-electron chi connectivity index (χ1n) is 12.1. The predicted molar refractivity (Wildman–Crippen MR) is 137 cm³/mol. The highest BCUT2D eigenvalue weighted by Gasteiger charge is 2.36. The first-order valence-corrected chi connectivity index (χ1v) is 12.1. The Hall–Kier alpha value is -3.07. The number of pyridine rings is 1. The number of benzene rings is 1. The summed E-state index contributed by atoms with van der Waals surface area (Å²) in [5.74, 6) is 0.620. The molecule has 1 saturated carbocycles. The molecular formula is C30H32N2O. The zero-order chi connectivity index (χ0) is 23.2. The van der Waals surface area contributed by atoms with E-state index in [-0.39, 0.29) is 17.1 Å². The number of carbonyl (C=O) groups excluding carboxylic acids is 1. The van der Waals surface area contributed by atoms with Gasteiger partial charge in [0.2, 0.25) is 0 Å². The van der Waals surface area contributed by atoms with Gasteiger partial charge < -0.3 is 0 Å². The van der Waals surface area contributed by atoms with E-state index in [2.05, 4.69) is 74.3 Å². The molecule has 0 spiro atoms. The number of fused-ring (bicyclic) bond motifs is 2. The van der Waals surface area contributed by atoms with Crippen molar-refractivity contribution in [1.82, 2.24) is 4.98 Å². The molecule has 2 aromatic rings. The van der Waals surface area contributed by atoms with Crippen LogP contribution in [-0.2, 0) is 0 Å². The van der Waals surface area contributed by atoms with Crippen molar-refractivity contribution < 1.29 is 4.79 Å². The molecule has 33 heavy (non-hydrogen) atoms. The summed E-state index contributed by atoms with van der Waals surface area (Å²) in [5, 5.41) is 2.08. The van der Waals surface area contributed by atoms with Gasteiger partial charge in [-0.15, -0.1) is 0 Å². The van der Waals surface area contributed by atoms with Gasteiger partial charge in [-0.2, -0.15) is 0 Å².